The molecular formula is C18H29IN4O. The molecule has 2 unspecified atom stereocenters. The molecule has 0 saturated heterocycles. The van der Waals surface area contributed by atoms with E-state index >= 15 is 0 Å². The summed E-state index contributed by atoms with van der Waals surface area (Å²) in [5, 5.41) is 6.71. The van der Waals surface area contributed by atoms with Crippen LogP contribution in [0.25, 0.3) is 0 Å². The third kappa shape index (κ3) is 5.65. The number of nitrogens with zero attached hydrogens (tertiary/aromatic N) is 2. The summed E-state index contributed by atoms with van der Waals surface area (Å²) in [4.78, 5) is 18.3. The van der Waals surface area contributed by atoms with Crippen molar-refractivity contribution >= 4 is 35.8 Å². The van der Waals surface area contributed by atoms with Crippen LogP contribution in [-0.2, 0) is 6.54 Å². The van der Waals surface area contributed by atoms with Crippen LogP contribution in [-0.4, -0.2) is 42.9 Å². The Morgan fingerprint density at radius 1 is 1.25 bits per heavy atom. The standard InChI is InChI=1S/C18H28N4O.HI/c1-5-22(6-2)17(23)15-9-7-14(8-10-15)12-20-18(19-4)21-16-11-13(16)3;/h7-10,13,16H,5-6,11-12H2,1-4H3,(H2,19,20,21);1H. The number of aliphatic imine (C=N–C) groups is 1. The Bertz CT molecular complexity index is 555. The van der Waals surface area contributed by atoms with Gasteiger partial charge in [-0.05, 0) is 43.9 Å². The largest absolute Gasteiger partial charge is 0.353 e. The molecule has 5 nitrogen and oxygen atoms in total. The molecule has 0 heterocycles. The molecule has 24 heavy (non-hydrogen) atoms. The molecule has 1 aromatic carbocycles. The number of rotatable bonds is 6. The van der Waals surface area contributed by atoms with E-state index in [2.05, 4.69) is 22.5 Å². The van der Waals surface area contributed by atoms with Crippen LogP contribution in [0.5, 0.6) is 0 Å². The molecule has 1 saturated carbocycles. The number of halogens is 1. The number of hydrogen-bond acceptors (Lipinski definition) is 2. The minimum absolute atomic E-state index is 0. The molecule has 134 valence electrons. The van der Waals surface area contributed by atoms with Crippen LogP contribution in [0.2, 0.25) is 0 Å². The lowest BCUT2D eigenvalue weighted by Crippen LogP contribution is -2.38. The first-order valence-electron chi connectivity index (χ1n) is 8.44. The topological polar surface area (TPSA) is 56.7 Å². The lowest BCUT2D eigenvalue weighted by molar-refractivity contribution is 0.0773. The molecule has 2 atom stereocenters. The predicted octanol–water partition coefficient (Wildman–Crippen LogP) is 2.86. The van der Waals surface area contributed by atoms with E-state index in [9.17, 15) is 4.79 Å². The fraction of sp³-hybridized carbons (Fsp3) is 0.556. The highest BCUT2D eigenvalue weighted by molar-refractivity contribution is 14.0. The van der Waals surface area contributed by atoms with Crippen LogP contribution >= 0.6 is 24.0 Å². The molecule has 2 rings (SSSR count). The normalized spacial score (nSPS) is 19.2. The Morgan fingerprint density at radius 3 is 2.29 bits per heavy atom. The van der Waals surface area contributed by atoms with Gasteiger partial charge in [-0.15, -0.1) is 24.0 Å². The van der Waals surface area contributed by atoms with E-state index in [0.717, 1.165) is 36.1 Å². The summed E-state index contributed by atoms with van der Waals surface area (Å²) < 4.78 is 0. The molecule has 2 N–H and O–H groups in total. The summed E-state index contributed by atoms with van der Waals surface area (Å²) in [7, 11) is 1.79. The average molecular weight is 444 g/mol. The maximum atomic E-state index is 12.3. The molecule has 0 spiro atoms. The number of nitrogens with one attached hydrogen (secondary N) is 2. The number of carbonyl (C=O) groups is 1. The maximum Gasteiger partial charge on any atom is 0.253 e. The molecule has 1 aliphatic rings. The second-order valence-corrected chi connectivity index (χ2v) is 6.06. The third-order valence-corrected chi connectivity index (χ3v) is 4.37. The quantitative estimate of drug-likeness (QED) is 0.403. The van der Waals surface area contributed by atoms with Gasteiger partial charge in [-0.1, -0.05) is 19.1 Å². The van der Waals surface area contributed by atoms with Crippen LogP contribution in [0.4, 0.5) is 0 Å². The third-order valence-electron chi connectivity index (χ3n) is 4.37. The highest BCUT2D eigenvalue weighted by atomic mass is 127. The summed E-state index contributed by atoms with van der Waals surface area (Å²) in [6, 6.07) is 8.34. The highest BCUT2D eigenvalue weighted by Gasteiger charge is 2.33. The summed E-state index contributed by atoms with van der Waals surface area (Å²) in [6.45, 7) is 8.40. The number of amides is 1. The van der Waals surface area contributed by atoms with E-state index in [0.29, 0.717) is 12.6 Å². The lowest BCUT2D eigenvalue weighted by Gasteiger charge is -2.18. The minimum atomic E-state index is 0. The molecule has 1 aliphatic carbocycles. The average Bonchev–Trinajstić information content (AvgIpc) is 3.27. The second-order valence-electron chi connectivity index (χ2n) is 6.06. The highest BCUT2D eigenvalue weighted by Crippen LogP contribution is 2.28. The Hall–Kier alpha value is -1.31. The van der Waals surface area contributed by atoms with E-state index in [1.165, 1.54) is 6.42 Å². The van der Waals surface area contributed by atoms with Crippen molar-refractivity contribution in [2.75, 3.05) is 20.1 Å². The van der Waals surface area contributed by atoms with Gasteiger partial charge in [-0.3, -0.25) is 9.79 Å². The van der Waals surface area contributed by atoms with Crippen molar-refractivity contribution in [3.05, 3.63) is 35.4 Å². The van der Waals surface area contributed by atoms with Crippen LogP contribution in [0.1, 0.15) is 43.1 Å². The smallest absolute Gasteiger partial charge is 0.253 e. The van der Waals surface area contributed by atoms with Crippen molar-refractivity contribution in [3.8, 4) is 0 Å². The van der Waals surface area contributed by atoms with Crippen molar-refractivity contribution in [1.82, 2.24) is 15.5 Å². The van der Waals surface area contributed by atoms with Crippen LogP contribution in [0.3, 0.4) is 0 Å². The molecule has 1 amide bonds. The van der Waals surface area contributed by atoms with Gasteiger partial charge in [0.2, 0.25) is 0 Å². The number of guanidine groups is 1. The Kier molecular flexibility index (Phi) is 8.52. The van der Waals surface area contributed by atoms with E-state index in [1.807, 2.05) is 43.0 Å². The lowest BCUT2D eigenvalue weighted by atomic mass is 10.1. The first kappa shape index (κ1) is 20.7. The van der Waals surface area contributed by atoms with Gasteiger partial charge in [-0.2, -0.15) is 0 Å². The van der Waals surface area contributed by atoms with E-state index in [-0.39, 0.29) is 29.9 Å². The van der Waals surface area contributed by atoms with Crippen LogP contribution < -0.4 is 10.6 Å². The predicted molar refractivity (Wildman–Crippen MR) is 110 cm³/mol. The molecule has 1 fully saturated rings. The van der Waals surface area contributed by atoms with Gasteiger partial charge in [-0.25, -0.2) is 0 Å². The van der Waals surface area contributed by atoms with Gasteiger partial charge in [0.1, 0.15) is 0 Å². The van der Waals surface area contributed by atoms with Crippen molar-refractivity contribution < 1.29 is 4.79 Å². The van der Waals surface area contributed by atoms with Gasteiger partial charge >= 0.3 is 0 Å². The number of hydrogen-bond donors (Lipinski definition) is 2. The summed E-state index contributed by atoms with van der Waals surface area (Å²) in [5.74, 6) is 1.66. The van der Waals surface area contributed by atoms with Gasteiger partial charge in [0, 0.05) is 38.3 Å². The number of benzene rings is 1. The van der Waals surface area contributed by atoms with Gasteiger partial charge < -0.3 is 15.5 Å². The van der Waals surface area contributed by atoms with Crippen molar-refractivity contribution in [3.63, 3.8) is 0 Å². The molecule has 0 radical (unpaired) electrons. The first-order chi connectivity index (χ1) is 11.1. The van der Waals surface area contributed by atoms with E-state index in [4.69, 9.17) is 0 Å². The molecule has 0 aliphatic heterocycles. The fourth-order valence-corrected chi connectivity index (χ4v) is 2.54. The zero-order valence-electron chi connectivity index (χ0n) is 15.0. The van der Waals surface area contributed by atoms with Gasteiger partial charge in [0.15, 0.2) is 5.96 Å². The van der Waals surface area contributed by atoms with Crippen molar-refractivity contribution in [2.45, 2.75) is 39.8 Å². The van der Waals surface area contributed by atoms with Crippen LogP contribution in [0.15, 0.2) is 29.3 Å². The molecule has 6 heteroatoms. The zero-order chi connectivity index (χ0) is 16.8. The number of carbonyl (C=O) groups excluding carboxylic acids is 1. The Balaban J connectivity index is 0.00000288. The monoisotopic (exact) mass is 444 g/mol. The SMILES string of the molecule is CCN(CC)C(=O)c1ccc(CNC(=NC)NC2CC2C)cc1.I. The first-order valence-corrected chi connectivity index (χ1v) is 8.44. The zero-order valence-corrected chi connectivity index (χ0v) is 17.3. The van der Waals surface area contributed by atoms with E-state index in [1.54, 1.807) is 7.05 Å². The van der Waals surface area contributed by atoms with Crippen molar-refractivity contribution in [2.24, 2.45) is 10.9 Å². The molecular weight excluding hydrogens is 415 g/mol. The van der Waals surface area contributed by atoms with Crippen molar-refractivity contribution in [1.29, 1.82) is 0 Å². The minimum Gasteiger partial charge on any atom is -0.353 e. The Labute approximate surface area is 162 Å². The van der Waals surface area contributed by atoms with Crippen LogP contribution in [0, 0.1) is 5.92 Å². The molecule has 0 aromatic heterocycles. The second kappa shape index (κ2) is 9.86. The van der Waals surface area contributed by atoms with Gasteiger partial charge in [0.25, 0.3) is 5.91 Å². The summed E-state index contributed by atoms with van der Waals surface area (Å²) >= 11 is 0. The summed E-state index contributed by atoms with van der Waals surface area (Å²) in [6.07, 6.45) is 1.21. The Morgan fingerprint density at radius 2 is 1.83 bits per heavy atom. The molecule has 1 aromatic rings. The van der Waals surface area contributed by atoms with Gasteiger partial charge in [0.05, 0.1) is 0 Å². The summed E-state index contributed by atoms with van der Waals surface area (Å²) in [5.41, 5.74) is 1.87. The fourth-order valence-electron chi connectivity index (χ4n) is 2.54. The maximum absolute atomic E-state index is 12.3. The van der Waals surface area contributed by atoms with E-state index < -0.39 is 0 Å². The molecule has 0 bridgehead atoms.